The van der Waals surface area contributed by atoms with Crippen LogP contribution in [0.3, 0.4) is 0 Å². The Labute approximate surface area is 108 Å². The van der Waals surface area contributed by atoms with Crippen molar-refractivity contribution < 1.29 is 0 Å². The minimum atomic E-state index is 0.182. The quantitative estimate of drug-likeness (QED) is 0.714. The van der Waals surface area contributed by atoms with E-state index in [-0.39, 0.29) is 11.3 Å². The first-order valence-corrected chi connectivity index (χ1v) is 6.50. The van der Waals surface area contributed by atoms with Crippen LogP contribution in [0, 0.1) is 22.7 Å². The van der Waals surface area contributed by atoms with E-state index in [1.807, 2.05) is 0 Å². The second-order valence-electron chi connectivity index (χ2n) is 6.01. The van der Waals surface area contributed by atoms with Crippen molar-refractivity contribution in [3.63, 3.8) is 0 Å². The third kappa shape index (κ3) is 1.61. The molecule has 0 N–H and O–H groups in total. The van der Waals surface area contributed by atoms with Gasteiger partial charge in [0.15, 0.2) is 0 Å². The summed E-state index contributed by atoms with van der Waals surface area (Å²) < 4.78 is 0. The van der Waals surface area contributed by atoms with Crippen molar-refractivity contribution in [3.05, 3.63) is 48.0 Å². The lowest BCUT2D eigenvalue weighted by Crippen LogP contribution is -2.41. The molecule has 0 aliphatic heterocycles. The van der Waals surface area contributed by atoms with Crippen LogP contribution in [0.15, 0.2) is 42.5 Å². The molecule has 90 valence electrons. The smallest absolute Gasteiger partial charge is 0.0662 e. The van der Waals surface area contributed by atoms with Gasteiger partial charge in [-0.2, -0.15) is 5.26 Å². The van der Waals surface area contributed by atoms with Crippen molar-refractivity contribution in [2.75, 3.05) is 0 Å². The molecule has 18 heavy (non-hydrogen) atoms. The molecule has 1 saturated carbocycles. The minimum absolute atomic E-state index is 0.182. The van der Waals surface area contributed by atoms with Crippen LogP contribution < -0.4 is 0 Å². The van der Waals surface area contributed by atoms with E-state index in [4.69, 9.17) is 0 Å². The lowest BCUT2D eigenvalue weighted by Gasteiger charge is -2.49. The van der Waals surface area contributed by atoms with Gasteiger partial charge in [-0.1, -0.05) is 56.3 Å². The lowest BCUT2D eigenvalue weighted by atomic mass is 9.54. The summed E-state index contributed by atoms with van der Waals surface area (Å²) >= 11 is 0. The molecule has 1 fully saturated rings. The van der Waals surface area contributed by atoms with Crippen molar-refractivity contribution >= 4 is 10.8 Å². The topological polar surface area (TPSA) is 23.8 Å². The molecule has 2 atom stereocenters. The standard InChI is InChI=1S/C17H17N/c1-17(2)10-15(11-18)16(17)14-8-7-12-5-3-4-6-13(12)9-14/h3-9,15-16H,10H2,1-2H3. The van der Waals surface area contributed by atoms with Crippen LogP contribution in [0.25, 0.3) is 10.8 Å². The first kappa shape index (κ1) is 11.3. The van der Waals surface area contributed by atoms with E-state index >= 15 is 0 Å². The van der Waals surface area contributed by atoms with Gasteiger partial charge in [0.05, 0.1) is 12.0 Å². The zero-order valence-electron chi connectivity index (χ0n) is 10.9. The molecule has 3 rings (SSSR count). The van der Waals surface area contributed by atoms with E-state index in [0.717, 1.165) is 6.42 Å². The van der Waals surface area contributed by atoms with E-state index in [1.54, 1.807) is 0 Å². The zero-order chi connectivity index (χ0) is 12.8. The Morgan fingerprint density at radius 2 is 1.83 bits per heavy atom. The maximum Gasteiger partial charge on any atom is 0.0662 e. The van der Waals surface area contributed by atoms with Crippen molar-refractivity contribution in [1.82, 2.24) is 0 Å². The maximum absolute atomic E-state index is 9.21. The van der Waals surface area contributed by atoms with E-state index in [0.29, 0.717) is 5.92 Å². The van der Waals surface area contributed by atoms with Crippen molar-refractivity contribution in [1.29, 1.82) is 5.26 Å². The average molecular weight is 235 g/mol. The molecule has 2 unspecified atom stereocenters. The third-order valence-electron chi connectivity index (χ3n) is 4.29. The Morgan fingerprint density at radius 3 is 2.50 bits per heavy atom. The first-order chi connectivity index (χ1) is 8.62. The summed E-state index contributed by atoms with van der Waals surface area (Å²) in [5.41, 5.74) is 1.57. The zero-order valence-corrected chi connectivity index (χ0v) is 10.9. The van der Waals surface area contributed by atoms with Gasteiger partial charge in [-0.25, -0.2) is 0 Å². The Kier molecular flexibility index (Phi) is 2.41. The molecule has 1 heteroatoms. The molecule has 1 nitrogen and oxygen atoms in total. The van der Waals surface area contributed by atoms with E-state index < -0.39 is 0 Å². The van der Waals surface area contributed by atoms with E-state index in [2.05, 4.69) is 62.4 Å². The van der Waals surface area contributed by atoms with Gasteiger partial charge in [0.2, 0.25) is 0 Å². The fourth-order valence-corrected chi connectivity index (χ4v) is 3.40. The lowest BCUT2D eigenvalue weighted by molar-refractivity contribution is 0.0873. The molecule has 0 heterocycles. The van der Waals surface area contributed by atoms with Crippen LogP contribution in [-0.4, -0.2) is 0 Å². The van der Waals surface area contributed by atoms with Gasteiger partial charge in [0.1, 0.15) is 0 Å². The number of hydrogen-bond donors (Lipinski definition) is 0. The predicted molar refractivity (Wildman–Crippen MR) is 74.2 cm³/mol. The van der Waals surface area contributed by atoms with Crippen LogP contribution in [0.5, 0.6) is 0 Å². The molecule has 0 radical (unpaired) electrons. The number of fused-ring (bicyclic) bond motifs is 1. The molecule has 0 bridgehead atoms. The van der Waals surface area contributed by atoms with Gasteiger partial charge in [-0.15, -0.1) is 0 Å². The van der Waals surface area contributed by atoms with Crippen LogP contribution in [-0.2, 0) is 0 Å². The fraction of sp³-hybridized carbons (Fsp3) is 0.353. The Morgan fingerprint density at radius 1 is 1.11 bits per heavy atom. The minimum Gasteiger partial charge on any atom is -0.198 e. The number of benzene rings is 2. The molecule has 1 aliphatic carbocycles. The van der Waals surface area contributed by atoms with Gasteiger partial charge in [-0.05, 0) is 28.2 Å². The molecule has 0 spiro atoms. The monoisotopic (exact) mass is 235 g/mol. The number of rotatable bonds is 1. The molecule has 1 aliphatic rings. The summed E-state index contributed by atoms with van der Waals surface area (Å²) in [6.07, 6.45) is 1.01. The average Bonchev–Trinajstić information content (AvgIpc) is 2.36. The number of nitriles is 1. The molecule has 0 saturated heterocycles. The van der Waals surface area contributed by atoms with Crippen LogP contribution in [0.2, 0.25) is 0 Å². The predicted octanol–water partition coefficient (Wildman–Crippen LogP) is 4.49. The highest BCUT2D eigenvalue weighted by atomic mass is 14.5. The van der Waals surface area contributed by atoms with Crippen LogP contribution >= 0.6 is 0 Å². The second-order valence-corrected chi connectivity index (χ2v) is 6.01. The van der Waals surface area contributed by atoms with Gasteiger partial charge in [0, 0.05) is 5.92 Å². The largest absolute Gasteiger partial charge is 0.198 e. The summed E-state index contributed by atoms with van der Waals surface area (Å²) in [6, 6.07) is 17.5. The normalized spacial score (nSPS) is 25.4. The van der Waals surface area contributed by atoms with Gasteiger partial charge in [0.25, 0.3) is 0 Å². The van der Waals surface area contributed by atoms with Crippen molar-refractivity contribution in [2.24, 2.45) is 11.3 Å². The number of nitrogens with zero attached hydrogens (tertiary/aromatic N) is 1. The van der Waals surface area contributed by atoms with Crippen molar-refractivity contribution in [3.8, 4) is 6.07 Å². The maximum atomic E-state index is 9.21. The highest BCUT2D eigenvalue weighted by Gasteiger charge is 2.48. The van der Waals surface area contributed by atoms with E-state index in [1.165, 1.54) is 16.3 Å². The molecule has 0 amide bonds. The molecular formula is C17H17N. The van der Waals surface area contributed by atoms with Crippen molar-refractivity contribution in [2.45, 2.75) is 26.2 Å². The summed E-state index contributed by atoms with van der Waals surface area (Å²) in [6.45, 7) is 4.53. The summed E-state index contributed by atoms with van der Waals surface area (Å²) in [7, 11) is 0. The Bertz CT molecular complexity index is 633. The molecule has 2 aromatic rings. The highest BCUT2D eigenvalue weighted by molar-refractivity contribution is 5.83. The van der Waals surface area contributed by atoms with Gasteiger partial charge >= 0.3 is 0 Å². The SMILES string of the molecule is CC1(C)CC(C#N)C1c1ccc2ccccc2c1. The van der Waals surface area contributed by atoms with Crippen LogP contribution in [0.4, 0.5) is 0 Å². The summed E-state index contributed by atoms with van der Waals surface area (Å²) in [4.78, 5) is 0. The highest BCUT2D eigenvalue weighted by Crippen LogP contribution is 2.56. The Balaban J connectivity index is 2.07. The molecule has 0 aromatic heterocycles. The fourth-order valence-electron chi connectivity index (χ4n) is 3.40. The number of hydrogen-bond acceptors (Lipinski definition) is 1. The van der Waals surface area contributed by atoms with E-state index in [9.17, 15) is 5.26 Å². The first-order valence-electron chi connectivity index (χ1n) is 6.50. The van der Waals surface area contributed by atoms with Gasteiger partial charge in [-0.3, -0.25) is 0 Å². The Hall–Kier alpha value is -1.81. The molecular weight excluding hydrogens is 218 g/mol. The summed E-state index contributed by atoms with van der Waals surface area (Å²) in [5.74, 6) is 0.563. The molecule has 2 aromatic carbocycles. The summed E-state index contributed by atoms with van der Waals surface area (Å²) in [5, 5.41) is 11.8. The second kappa shape index (κ2) is 3.85. The third-order valence-corrected chi connectivity index (χ3v) is 4.29. The van der Waals surface area contributed by atoms with Gasteiger partial charge < -0.3 is 0 Å². The van der Waals surface area contributed by atoms with Crippen LogP contribution in [0.1, 0.15) is 31.7 Å².